The maximum Gasteiger partial charge on any atom is 0.269 e. The number of carbonyl (C=O) groups excluding carboxylic acids is 1. The molecule has 0 spiro atoms. The van der Waals surface area contributed by atoms with Crippen LogP contribution in [0.3, 0.4) is 0 Å². The highest BCUT2D eigenvalue weighted by molar-refractivity contribution is 9.10. The molecule has 0 saturated heterocycles. The number of aryl methyl sites for hydroxylation is 1. The van der Waals surface area contributed by atoms with Crippen LogP contribution in [0.2, 0.25) is 0 Å². The van der Waals surface area contributed by atoms with E-state index >= 15 is 0 Å². The van der Waals surface area contributed by atoms with Crippen molar-refractivity contribution in [1.29, 1.82) is 0 Å². The van der Waals surface area contributed by atoms with Crippen LogP contribution in [0.4, 0.5) is 5.69 Å². The maximum atomic E-state index is 12.2. The van der Waals surface area contributed by atoms with E-state index in [0.717, 1.165) is 15.6 Å². The normalized spacial score (nSPS) is 10.3. The van der Waals surface area contributed by atoms with Crippen LogP contribution in [-0.2, 0) is 6.42 Å². The van der Waals surface area contributed by atoms with E-state index in [1.165, 1.54) is 12.1 Å². The fraction of sp³-hybridized carbons (Fsp3) is 0.133. The van der Waals surface area contributed by atoms with Crippen molar-refractivity contribution in [3.8, 4) is 0 Å². The SMILES string of the molecule is Cc1ccc(C(=O)Cc2ccc([N+](=O)[O-])cc2)c(Br)c1. The smallest absolute Gasteiger partial charge is 0.269 e. The largest absolute Gasteiger partial charge is 0.294 e. The van der Waals surface area contributed by atoms with Crippen molar-refractivity contribution in [1.82, 2.24) is 0 Å². The number of nitro benzene ring substituents is 1. The van der Waals surface area contributed by atoms with Gasteiger partial charge in [0.1, 0.15) is 0 Å². The number of hydrogen-bond donors (Lipinski definition) is 0. The molecule has 0 atom stereocenters. The van der Waals surface area contributed by atoms with Crippen molar-refractivity contribution in [2.75, 3.05) is 0 Å². The zero-order chi connectivity index (χ0) is 14.7. The summed E-state index contributed by atoms with van der Waals surface area (Å²) >= 11 is 3.38. The summed E-state index contributed by atoms with van der Waals surface area (Å²) in [7, 11) is 0. The molecule has 20 heavy (non-hydrogen) atoms. The fourth-order valence-corrected chi connectivity index (χ4v) is 2.58. The Hall–Kier alpha value is -2.01. The van der Waals surface area contributed by atoms with Gasteiger partial charge >= 0.3 is 0 Å². The van der Waals surface area contributed by atoms with Crippen LogP contribution in [0, 0.1) is 17.0 Å². The van der Waals surface area contributed by atoms with Crippen LogP contribution in [0.25, 0.3) is 0 Å². The Morgan fingerprint density at radius 1 is 1.20 bits per heavy atom. The zero-order valence-electron chi connectivity index (χ0n) is 10.8. The second-order valence-corrected chi connectivity index (χ2v) is 5.36. The van der Waals surface area contributed by atoms with E-state index in [-0.39, 0.29) is 17.9 Å². The number of nitrogens with zero attached hydrogens (tertiary/aromatic N) is 1. The van der Waals surface area contributed by atoms with Crippen molar-refractivity contribution in [3.63, 3.8) is 0 Å². The van der Waals surface area contributed by atoms with E-state index in [9.17, 15) is 14.9 Å². The van der Waals surface area contributed by atoms with Crippen molar-refractivity contribution in [3.05, 3.63) is 73.7 Å². The Morgan fingerprint density at radius 3 is 2.40 bits per heavy atom. The molecule has 0 aliphatic heterocycles. The number of halogens is 1. The molecule has 2 aromatic carbocycles. The molecule has 0 heterocycles. The summed E-state index contributed by atoms with van der Waals surface area (Å²) in [6.45, 7) is 1.95. The Balaban J connectivity index is 2.17. The number of rotatable bonds is 4. The van der Waals surface area contributed by atoms with E-state index < -0.39 is 4.92 Å². The number of non-ortho nitro benzene ring substituents is 1. The van der Waals surface area contributed by atoms with Crippen molar-refractivity contribution >= 4 is 27.4 Å². The predicted molar refractivity (Wildman–Crippen MR) is 80.0 cm³/mol. The lowest BCUT2D eigenvalue weighted by molar-refractivity contribution is -0.384. The summed E-state index contributed by atoms with van der Waals surface area (Å²) in [5.74, 6) is -0.0225. The molecule has 0 unspecified atom stereocenters. The molecule has 0 fully saturated rings. The molecule has 2 aromatic rings. The lowest BCUT2D eigenvalue weighted by atomic mass is 10.0. The number of nitro groups is 1. The highest BCUT2D eigenvalue weighted by Gasteiger charge is 2.12. The van der Waals surface area contributed by atoms with E-state index in [2.05, 4.69) is 15.9 Å². The molecule has 102 valence electrons. The van der Waals surface area contributed by atoms with Gasteiger partial charge in [0.05, 0.1) is 4.92 Å². The van der Waals surface area contributed by atoms with E-state index in [1.54, 1.807) is 18.2 Å². The second kappa shape index (κ2) is 5.96. The monoisotopic (exact) mass is 333 g/mol. The van der Waals surface area contributed by atoms with Gasteiger partial charge in [-0.3, -0.25) is 14.9 Å². The van der Waals surface area contributed by atoms with Gasteiger partial charge in [-0.25, -0.2) is 0 Å². The van der Waals surface area contributed by atoms with Crippen LogP contribution < -0.4 is 0 Å². The highest BCUT2D eigenvalue weighted by Crippen LogP contribution is 2.21. The fourth-order valence-electron chi connectivity index (χ4n) is 1.86. The predicted octanol–water partition coefficient (Wildman–Crippen LogP) is 4.09. The first kappa shape index (κ1) is 14.4. The molecule has 0 N–H and O–H groups in total. The second-order valence-electron chi connectivity index (χ2n) is 4.51. The standard InChI is InChI=1S/C15H12BrNO3/c1-10-2-7-13(14(16)8-10)15(18)9-11-3-5-12(6-4-11)17(19)20/h2-8H,9H2,1H3. The Bertz CT molecular complexity index is 665. The number of ketones is 1. The average Bonchev–Trinajstić information content (AvgIpc) is 2.39. The van der Waals surface area contributed by atoms with Crippen LogP contribution in [0.15, 0.2) is 46.9 Å². The van der Waals surface area contributed by atoms with Gasteiger partial charge in [0.2, 0.25) is 0 Å². The summed E-state index contributed by atoms with van der Waals surface area (Å²) in [5, 5.41) is 10.6. The summed E-state index contributed by atoms with van der Waals surface area (Å²) < 4.78 is 0.768. The Morgan fingerprint density at radius 2 is 1.85 bits per heavy atom. The minimum atomic E-state index is -0.456. The number of benzene rings is 2. The van der Waals surface area contributed by atoms with Gasteiger partial charge in [0, 0.05) is 28.6 Å². The molecule has 0 aliphatic rings. The van der Waals surface area contributed by atoms with Crippen molar-refractivity contribution in [2.24, 2.45) is 0 Å². The van der Waals surface area contributed by atoms with Gasteiger partial charge in [-0.15, -0.1) is 0 Å². The molecule has 0 aromatic heterocycles. The third-order valence-corrected chi connectivity index (χ3v) is 3.59. The molecule has 0 radical (unpaired) electrons. The van der Waals surface area contributed by atoms with Gasteiger partial charge in [-0.1, -0.05) is 34.1 Å². The van der Waals surface area contributed by atoms with E-state index in [1.807, 2.05) is 19.1 Å². The van der Waals surface area contributed by atoms with Gasteiger partial charge in [0.15, 0.2) is 5.78 Å². The third-order valence-electron chi connectivity index (χ3n) is 2.94. The minimum Gasteiger partial charge on any atom is -0.294 e. The Kier molecular flexibility index (Phi) is 4.29. The van der Waals surface area contributed by atoms with E-state index in [4.69, 9.17) is 0 Å². The zero-order valence-corrected chi connectivity index (χ0v) is 12.4. The van der Waals surface area contributed by atoms with E-state index in [0.29, 0.717) is 5.56 Å². The topological polar surface area (TPSA) is 60.2 Å². The molecule has 0 bridgehead atoms. The summed E-state index contributed by atoms with van der Waals surface area (Å²) in [4.78, 5) is 22.3. The molecule has 4 nitrogen and oxygen atoms in total. The number of carbonyl (C=O) groups is 1. The van der Waals surface area contributed by atoms with Crippen LogP contribution in [0.1, 0.15) is 21.5 Å². The average molecular weight is 334 g/mol. The van der Waals surface area contributed by atoms with Crippen LogP contribution >= 0.6 is 15.9 Å². The lowest BCUT2D eigenvalue weighted by Gasteiger charge is -2.05. The molecule has 0 aliphatic carbocycles. The molecule has 0 saturated carbocycles. The maximum absolute atomic E-state index is 12.2. The summed E-state index contributed by atoms with van der Waals surface area (Å²) in [5.41, 5.74) is 2.48. The van der Waals surface area contributed by atoms with Crippen LogP contribution in [-0.4, -0.2) is 10.7 Å². The van der Waals surface area contributed by atoms with Crippen molar-refractivity contribution < 1.29 is 9.72 Å². The van der Waals surface area contributed by atoms with Crippen molar-refractivity contribution in [2.45, 2.75) is 13.3 Å². The summed E-state index contributed by atoms with van der Waals surface area (Å²) in [6.07, 6.45) is 0.222. The van der Waals surface area contributed by atoms with Gasteiger partial charge < -0.3 is 0 Å². The molecular weight excluding hydrogens is 322 g/mol. The number of Topliss-reactive ketones (excluding diaryl/α,β-unsaturated/α-hetero) is 1. The Labute approximate surface area is 124 Å². The third kappa shape index (κ3) is 3.30. The quantitative estimate of drug-likeness (QED) is 0.481. The first-order valence-electron chi connectivity index (χ1n) is 6.00. The molecule has 5 heteroatoms. The summed E-state index contributed by atoms with van der Waals surface area (Å²) in [6, 6.07) is 11.6. The molecule has 0 amide bonds. The molecule has 2 rings (SSSR count). The molecular formula is C15H12BrNO3. The van der Waals surface area contributed by atoms with Crippen LogP contribution in [0.5, 0.6) is 0 Å². The first-order valence-corrected chi connectivity index (χ1v) is 6.79. The van der Waals surface area contributed by atoms with Gasteiger partial charge in [-0.2, -0.15) is 0 Å². The highest BCUT2D eigenvalue weighted by atomic mass is 79.9. The number of hydrogen-bond acceptors (Lipinski definition) is 3. The van der Waals surface area contributed by atoms with Gasteiger partial charge in [0.25, 0.3) is 5.69 Å². The van der Waals surface area contributed by atoms with Gasteiger partial charge in [-0.05, 0) is 30.2 Å². The first-order chi connectivity index (χ1) is 9.47. The minimum absolute atomic E-state index is 0.0225. The lowest BCUT2D eigenvalue weighted by Crippen LogP contribution is -2.04.